The molecule has 112 valence electrons. The summed E-state index contributed by atoms with van der Waals surface area (Å²) in [5.41, 5.74) is 1.11. The Morgan fingerprint density at radius 1 is 0.952 bits per heavy atom. The van der Waals surface area contributed by atoms with Crippen LogP contribution in [0.5, 0.6) is 11.5 Å². The molecule has 0 aliphatic heterocycles. The Bertz CT molecular complexity index is 629. The van der Waals surface area contributed by atoms with Crippen LogP contribution in [0.1, 0.15) is 19.4 Å². The molecule has 0 atom stereocenters. The first kappa shape index (κ1) is 16.4. The second-order valence-electron chi connectivity index (χ2n) is 4.98. The molecule has 0 amide bonds. The molecule has 2 aromatic carbocycles. The van der Waals surface area contributed by atoms with Gasteiger partial charge in [-0.25, -0.2) is 0 Å². The molecule has 5 heteroatoms. The van der Waals surface area contributed by atoms with Crippen LogP contribution >= 0.6 is 34.8 Å². The molecule has 0 heterocycles. The quantitative estimate of drug-likeness (QED) is 0.725. The molecule has 0 saturated carbocycles. The van der Waals surface area contributed by atoms with Crippen LogP contribution < -0.4 is 10.1 Å². The molecule has 1 N–H and O–H groups in total. The topological polar surface area (TPSA) is 21.3 Å². The maximum atomic E-state index is 6.25. The Labute approximate surface area is 140 Å². The van der Waals surface area contributed by atoms with Gasteiger partial charge in [0.15, 0.2) is 0 Å². The number of benzene rings is 2. The SMILES string of the molecule is CC(C)NCc1ccc(Oc2ccc(Cl)c(Cl)c2)c(Cl)c1. The van der Waals surface area contributed by atoms with E-state index in [1.807, 2.05) is 18.2 Å². The van der Waals surface area contributed by atoms with E-state index in [2.05, 4.69) is 19.2 Å². The molecule has 2 aromatic rings. The molecule has 0 radical (unpaired) electrons. The first-order valence-electron chi connectivity index (χ1n) is 6.60. The van der Waals surface area contributed by atoms with Gasteiger partial charge in [0, 0.05) is 18.7 Å². The highest BCUT2D eigenvalue weighted by atomic mass is 35.5. The Morgan fingerprint density at radius 3 is 2.33 bits per heavy atom. The smallest absolute Gasteiger partial charge is 0.146 e. The van der Waals surface area contributed by atoms with Crippen molar-refractivity contribution in [3.8, 4) is 11.5 Å². The summed E-state index contributed by atoms with van der Waals surface area (Å²) in [7, 11) is 0. The lowest BCUT2D eigenvalue weighted by atomic mass is 10.2. The second kappa shape index (κ2) is 7.37. The first-order chi connectivity index (χ1) is 9.95. The van der Waals surface area contributed by atoms with E-state index >= 15 is 0 Å². The van der Waals surface area contributed by atoms with E-state index in [0.29, 0.717) is 32.6 Å². The highest BCUT2D eigenvalue weighted by Crippen LogP contribution is 2.33. The summed E-state index contributed by atoms with van der Waals surface area (Å²) in [6.07, 6.45) is 0. The lowest BCUT2D eigenvalue weighted by Gasteiger charge is -2.11. The highest BCUT2D eigenvalue weighted by molar-refractivity contribution is 6.42. The molecule has 0 fully saturated rings. The summed E-state index contributed by atoms with van der Waals surface area (Å²) in [6, 6.07) is 11.2. The van der Waals surface area contributed by atoms with Crippen LogP contribution in [-0.4, -0.2) is 6.04 Å². The summed E-state index contributed by atoms with van der Waals surface area (Å²) >= 11 is 18.1. The fourth-order valence-electron chi connectivity index (χ4n) is 1.73. The number of hydrogen-bond acceptors (Lipinski definition) is 2. The van der Waals surface area contributed by atoms with E-state index in [1.165, 1.54) is 0 Å². The van der Waals surface area contributed by atoms with Crippen LogP contribution in [0, 0.1) is 0 Å². The summed E-state index contributed by atoms with van der Waals surface area (Å²) in [6.45, 7) is 4.97. The van der Waals surface area contributed by atoms with Crippen molar-refractivity contribution in [1.82, 2.24) is 5.32 Å². The summed E-state index contributed by atoms with van der Waals surface area (Å²) in [4.78, 5) is 0. The minimum Gasteiger partial charge on any atom is -0.456 e. The highest BCUT2D eigenvalue weighted by Gasteiger charge is 2.07. The zero-order chi connectivity index (χ0) is 15.4. The van der Waals surface area contributed by atoms with Gasteiger partial charge in [0.05, 0.1) is 15.1 Å². The predicted molar refractivity (Wildman–Crippen MR) is 90.0 cm³/mol. The average Bonchev–Trinajstić information content (AvgIpc) is 2.43. The largest absolute Gasteiger partial charge is 0.456 e. The molecule has 2 rings (SSSR count). The van der Waals surface area contributed by atoms with Crippen LogP contribution in [-0.2, 0) is 6.54 Å². The lowest BCUT2D eigenvalue weighted by Crippen LogP contribution is -2.21. The van der Waals surface area contributed by atoms with Gasteiger partial charge >= 0.3 is 0 Å². The van der Waals surface area contributed by atoms with Crippen molar-refractivity contribution in [3.05, 3.63) is 57.0 Å². The minimum absolute atomic E-state index is 0.427. The average molecular weight is 345 g/mol. The van der Waals surface area contributed by atoms with Crippen molar-refractivity contribution in [3.63, 3.8) is 0 Å². The standard InChI is InChI=1S/C16H16Cl3NO/c1-10(2)20-9-11-3-6-16(15(19)7-11)21-12-4-5-13(17)14(18)8-12/h3-8,10,20H,9H2,1-2H3. The van der Waals surface area contributed by atoms with E-state index in [-0.39, 0.29) is 0 Å². The van der Waals surface area contributed by atoms with E-state index < -0.39 is 0 Å². The number of halogens is 3. The number of nitrogens with one attached hydrogen (secondary N) is 1. The molecule has 0 bridgehead atoms. The molecule has 0 aliphatic carbocycles. The molecule has 0 aromatic heterocycles. The van der Waals surface area contributed by atoms with Crippen molar-refractivity contribution in [1.29, 1.82) is 0 Å². The van der Waals surface area contributed by atoms with Crippen LogP contribution in [0.2, 0.25) is 15.1 Å². The van der Waals surface area contributed by atoms with Gasteiger partial charge in [0.1, 0.15) is 11.5 Å². The molecule has 0 saturated heterocycles. The van der Waals surface area contributed by atoms with Crippen molar-refractivity contribution >= 4 is 34.8 Å². The monoisotopic (exact) mass is 343 g/mol. The lowest BCUT2D eigenvalue weighted by molar-refractivity contribution is 0.482. The summed E-state index contributed by atoms with van der Waals surface area (Å²) < 4.78 is 5.73. The third-order valence-electron chi connectivity index (χ3n) is 2.83. The zero-order valence-electron chi connectivity index (χ0n) is 11.8. The molecule has 0 unspecified atom stereocenters. The van der Waals surface area contributed by atoms with Gasteiger partial charge in [0.25, 0.3) is 0 Å². The number of rotatable bonds is 5. The van der Waals surface area contributed by atoms with Crippen LogP contribution in [0.25, 0.3) is 0 Å². The fraction of sp³-hybridized carbons (Fsp3) is 0.250. The van der Waals surface area contributed by atoms with Crippen molar-refractivity contribution in [2.24, 2.45) is 0 Å². The molecule has 21 heavy (non-hydrogen) atoms. The van der Waals surface area contributed by atoms with Gasteiger partial charge in [-0.3, -0.25) is 0 Å². The maximum Gasteiger partial charge on any atom is 0.146 e. The third-order valence-corrected chi connectivity index (χ3v) is 3.86. The Hall–Kier alpha value is -0.930. The van der Waals surface area contributed by atoms with Crippen molar-refractivity contribution in [2.75, 3.05) is 0 Å². The van der Waals surface area contributed by atoms with Gasteiger partial charge in [-0.2, -0.15) is 0 Å². The fourth-order valence-corrected chi connectivity index (χ4v) is 2.26. The summed E-state index contributed by atoms with van der Waals surface area (Å²) in [5, 5.41) is 4.84. The number of hydrogen-bond donors (Lipinski definition) is 1. The molecule has 2 nitrogen and oxygen atoms in total. The summed E-state index contributed by atoms with van der Waals surface area (Å²) in [5.74, 6) is 1.18. The van der Waals surface area contributed by atoms with Crippen molar-refractivity contribution < 1.29 is 4.74 Å². The molecular formula is C16H16Cl3NO. The van der Waals surface area contributed by atoms with E-state index in [0.717, 1.165) is 12.1 Å². The van der Waals surface area contributed by atoms with E-state index in [4.69, 9.17) is 39.5 Å². The molecule has 0 aliphatic rings. The first-order valence-corrected chi connectivity index (χ1v) is 7.74. The van der Waals surface area contributed by atoms with E-state index in [1.54, 1.807) is 18.2 Å². The van der Waals surface area contributed by atoms with Gasteiger partial charge < -0.3 is 10.1 Å². The van der Waals surface area contributed by atoms with Gasteiger partial charge in [-0.05, 0) is 29.8 Å². The Balaban J connectivity index is 2.11. The van der Waals surface area contributed by atoms with Crippen LogP contribution in [0.4, 0.5) is 0 Å². The molecular weight excluding hydrogens is 329 g/mol. The third kappa shape index (κ3) is 4.79. The maximum absolute atomic E-state index is 6.25. The van der Waals surface area contributed by atoms with Gasteiger partial charge in [0.2, 0.25) is 0 Å². The Kier molecular flexibility index (Phi) is 5.77. The van der Waals surface area contributed by atoms with Crippen LogP contribution in [0.3, 0.4) is 0 Å². The second-order valence-corrected chi connectivity index (χ2v) is 6.20. The van der Waals surface area contributed by atoms with Gasteiger partial charge in [-0.15, -0.1) is 0 Å². The van der Waals surface area contributed by atoms with Gasteiger partial charge in [-0.1, -0.05) is 54.7 Å². The number of ether oxygens (including phenoxy) is 1. The normalized spacial score (nSPS) is 11.0. The Morgan fingerprint density at radius 2 is 1.71 bits per heavy atom. The van der Waals surface area contributed by atoms with Crippen LogP contribution in [0.15, 0.2) is 36.4 Å². The predicted octanol–water partition coefficient (Wildman–Crippen LogP) is 5.94. The van der Waals surface area contributed by atoms with E-state index in [9.17, 15) is 0 Å². The minimum atomic E-state index is 0.427. The molecule has 0 spiro atoms. The zero-order valence-corrected chi connectivity index (χ0v) is 14.1. The van der Waals surface area contributed by atoms with Crippen molar-refractivity contribution in [2.45, 2.75) is 26.4 Å².